The van der Waals surface area contributed by atoms with Gasteiger partial charge in [-0.1, -0.05) is 43.7 Å². The first-order valence-electron chi connectivity index (χ1n) is 5.80. The molecule has 4 heteroatoms. The van der Waals surface area contributed by atoms with E-state index in [-0.39, 0.29) is 11.6 Å². The summed E-state index contributed by atoms with van der Waals surface area (Å²) < 4.78 is 0. The van der Waals surface area contributed by atoms with Gasteiger partial charge in [0.1, 0.15) is 0 Å². The number of thiazole rings is 1. The zero-order chi connectivity index (χ0) is 13.3. The highest BCUT2D eigenvalue weighted by molar-refractivity contribution is 7.15. The van der Waals surface area contributed by atoms with Gasteiger partial charge < -0.3 is 5.11 Å². The molecule has 3 nitrogen and oxygen atoms in total. The van der Waals surface area contributed by atoms with Gasteiger partial charge in [-0.15, -0.1) is 11.3 Å². The Morgan fingerprint density at radius 2 is 1.89 bits per heavy atom. The molecule has 1 aromatic heterocycles. The summed E-state index contributed by atoms with van der Waals surface area (Å²) in [5.41, 5.74) is 2.24. The third-order valence-corrected chi connectivity index (χ3v) is 4.06. The Balaban J connectivity index is 2.55. The monoisotopic (exact) mass is 261 g/mol. The second kappa shape index (κ2) is 4.90. The molecule has 1 heterocycles. The van der Waals surface area contributed by atoms with Gasteiger partial charge in [-0.2, -0.15) is 0 Å². The number of rotatable bonds is 3. The summed E-state index contributed by atoms with van der Waals surface area (Å²) in [5.74, 6) is -0.721. The molecule has 0 aliphatic carbocycles. The van der Waals surface area contributed by atoms with Crippen molar-refractivity contribution in [2.45, 2.75) is 26.7 Å². The highest BCUT2D eigenvalue weighted by Gasteiger charge is 2.19. The Bertz CT molecular complexity index is 570. The highest BCUT2D eigenvalue weighted by atomic mass is 32.1. The molecule has 0 atom stereocenters. The Labute approximate surface area is 110 Å². The van der Waals surface area contributed by atoms with E-state index in [1.54, 1.807) is 0 Å². The molecule has 2 aromatic rings. The minimum absolute atomic E-state index is 0.160. The molecule has 0 aliphatic rings. The van der Waals surface area contributed by atoms with Crippen molar-refractivity contribution in [3.05, 3.63) is 40.5 Å². The van der Waals surface area contributed by atoms with Crippen LogP contribution in [-0.4, -0.2) is 16.1 Å². The Hall–Kier alpha value is -1.68. The Kier molecular flexibility index (Phi) is 3.48. The first kappa shape index (κ1) is 12.8. The average Bonchev–Trinajstić information content (AvgIpc) is 2.75. The first-order chi connectivity index (χ1) is 8.49. The van der Waals surface area contributed by atoms with Crippen molar-refractivity contribution >= 4 is 17.3 Å². The topological polar surface area (TPSA) is 50.2 Å². The largest absolute Gasteiger partial charge is 0.476 e. The van der Waals surface area contributed by atoms with Crippen molar-refractivity contribution in [3.8, 4) is 10.4 Å². The van der Waals surface area contributed by atoms with E-state index in [1.165, 1.54) is 11.3 Å². The van der Waals surface area contributed by atoms with Crippen LogP contribution in [0.3, 0.4) is 0 Å². The third-order valence-electron chi connectivity index (χ3n) is 2.65. The Morgan fingerprint density at radius 1 is 1.28 bits per heavy atom. The van der Waals surface area contributed by atoms with Gasteiger partial charge in [-0.3, -0.25) is 0 Å². The molecule has 1 aromatic carbocycles. The minimum Gasteiger partial charge on any atom is -0.476 e. The van der Waals surface area contributed by atoms with Crippen LogP contribution in [0.1, 0.15) is 40.8 Å². The molecule has 0 aliphatic heterocycles. The Morgan fingerprint density at radius 3 is 2.39 bits per heavy atom. The van der Waals surface area contributed by atoms with Crippen LogP contribution < -0.4 is 0 Å². The maximum atomic E-state index is 11.2. The maximum Gasteiger partial charge on any atom is 0.356 e. The van der Waals surface area contributed by atoms with Crippen molar-refractivity contribution in [3.63, 3.8) is 0 Å². The van der Waals surface area contributed by atoms with Crippen molar-refractivity contribution < 1.29 is 9.90 Å². The SMILES string of the molecule is Cc1ccc(-c2sc(C(C)C)nc2C(=O)O)cc1. The average molecular weight is 261 g/mol. The maximum absolute atomic E-state index is 11.2. The summed E-state index contributed by atoms with van der Waals surface area (Å²) >= 11 is 1.46. The number of carboxylic acid groups (broad SMARTS) is 1. The lowest BCUT2D eigenvalue weighted by atomic mass is 10.1. The summed E-state index contributed by atoms with van der Waals surface area (Å²) in [7, 11) is 0. The van der Waals surface area contributed by atoms with E-state index in [4.69, 9.17) is 0 Å². The smallest absolute Gasteiger partial charge is 0.356 e. The number of carboxylic acids is 1. The summed E-state index contributed by atoms with van der Waals surface area (Å²) in [4.78, 5) is 16.2. The normalized spacial score (nSPS) is 10.9. The molecule has 0 fully saturated rings. The number of hydrogen-bond donors (Lipinski definition) is 1. The van der Waals surface area contributed by atoms with Crippen LogP contribution in [0, 0.1) is 6.92 Å². The number of carbonyl (C=O) groups is 1. The molecule has 0 saturated heterocycles. The molecule has 0 bridgehead atoms. The summed E-state index contributed by atoms with van der Waals surface area (Å²) in [6.07, 6.45) is 0. The van der Waals surface area contributed by atoms with Gasteiger partial charge in [0.05, 0.1) is 9.88 Å². The lowest BCUT2D eigenvalue weighted by molar-refractivity contribution is 0.0692. The van der Waals surface area contributed by atoms with Gasteiger partial charge in [0.2, 0.25) is 0 Å². The molecule has 18 heavy (non-hydrogen) atoms. The molecule has 2 rings (SSSR count). The van der Waals surface area contributed by atoms with Crippen LogP contribution in [0.25, 0.3) is 10.4 Å². The molecule has 0 radical (unpaired) electrons. The van der Waals surface area contributed by atoms with E-state index in [9.17, 15) is 9.90 Å². The van der Waals surface area contributed by atoms with Crippen molar-refractivity contribution in [2.75, 3.05) is 0 Å². The van der Waals surface area contributed by atoms with E-state index in [0.29, 0.717) is 0 Å². The molecule has 0 unspecified atom stereocenters. The molecule has 1 N–H and O–H groups in total. The predicted octanol–water partition coefficient (Wildman–Crippen LogP) is 3.94. The van der Waals surface area contributed by atoms with Gasteiger partial charge in [-0.05, 0) is 12.5 Å². The number of aromatic nitrogens is 1. The van der Waals surface area contributed by atoms with Crippen LogP contribution in [0.15, 0.2) is 24.3 Å². The number of benzene rings is 1. The van der Waals surface area contributed by atoms with E-state index in [1.807, 2.05) is 45.0 Å². The second-order valence-corrected chi connectivity index (χ2v) is 5.59. The zero-order valence-electron chi connectivity index (χ0n) is 10.6. The summed E-state index contributed by atoms with van der Waals surface area (Å²) in [6.45, 7) is 6.04. The third kappa shape index (κ3) is 2.43. The summed E-state index contributed by atoms with van der Waals surface area (Å²) in [5, 5.41) is 10.1. The van der Waals surface area contributed by atoms with Crippen LogP contribution in [0.2, 0.25) is 0 Å². The molecular formula is C14H15NO2S. The number of aryl methyl sites for hydroxylation is 1. The fourth-order valence-corrected chi connectivity index (χ4v) is 2.69. The van der Waals surface area contributed by atoms with E-state index in [0.717, 1.165) is 21.0 Å². The minimum atomic E-state index is -0.964. The quantitative estimate of drug-likeness (QED) is 0.910. The highest BCUT2D eigenvalue weighted by Crippen LogP contribution is 2.33. The van der Waals surface area contributed by atoms with E-state index in [2.05, 4.69) is 4.98 Å². The van der Waals surface area contributed by atoms with Crippen molar-refractivity contribution in [1.29, 1.82) is 0 Å². The van der Waals surface area contributed by atoms with E-state index >= 15 is 0 Å². The predicted molar refractivity (Wildman–Crippen MR) is 73.3 cm³/mol. The zero-order valence-corrected chi connectivity index (χ0v) is 11.4. The number of nitrogens with zero attached hydrogens (tertiary/aromatic N) is 1. The lowest BCUT2D eigenvalue weighted by Crippen LogP contribution is -1.99. The van der Waals surface area contributed by atoms with Gasteiger partial charge in [0, 0.05) is 5.92 Å². The van der Waals surface area contributed by atoms with Crippen LogP contribution in [0.4, 0.5) is 0 Å². The van der Waals surface area contributed by atoms with Gasteiger partial charge in [0.15, 0.2) is 5.69 Å². The van der Waals surface area contributed by atoms with Gasteiger partial charge >= 0.3 is 5.97 Å². The van der Waals surface area contributed by atoms with Crippen molar-refractivity contribution in [1.82, 2.24) is 4.98 Å². The molecular weight excluding hydrogens is 246 g/mol. The molecule has 0 saturated carbocycles. The first-order valence-corrected chi connectivity index (χ1v) is 6.61. The fourth-order valence-electron chi connectivity index (χ4n) is 1.63. The second-order valence-electron chi connectivity index (χ2n) is 4.56. The van der Waals surface area contributed by atoms with Crippen LogP contribution in [0.5, 0.6) is 0 Å². The lowest BCUT2D eigenvalue weighted by Gasteiger charge is -1.99. The fraction of sp³-hybridized carbons (Fsp3) is 0.286. The van der Waals surface area contributed by atoms with Crippen LogP contribution >= 0.6 is 11.3 Å². The van der Waals surface area contributed by atoms with Gasteiger partial charge in [0.25, 0.3) is 0 Å². The summed E-state index contributed by atoms with van der Waals surface area (Å²) in [6, 6.07) is 7.85. The van der Waals surface area contributed by atoms with E-state index < -0.39 is 5.97 Å². The van der Waals surface area contributed by atoms with Gasteiger partial charge in [-0.25, -0.2) is 9.78 Å². The number of hydrogen-bond acceptors (Lipinski definition) is 3. The van der Waals surface area contributed by atoms with Crippen molar-refractivity contribution in [2.24, 2.45) is 0 Å². The molecule has 0 spiro atoms. The standard InChI is InChI=1S/C14H15NO2S/c1-8(2)13-15-11(14(16)17)12(18-13)10-6-4-9(3)5-7-10/h4-8H,1-3H3,(H,16,17). The van der Waals surface area contributed by atoms with Crippen LogP contribution in [-0.2, 0) is 0 Å². The molecule has 0 amide bonds. The number of aromatic carboxylic acids is 1. The molecule has 94 valence electrons.